The number of H-pyrrole nitrogens is 1. The first-order valence-electron chi connectivity index (χ1n) is 7.34. The minimum Gasteiger partial charge on any atom is -0.341 e. The Morgan fingerprint density at radius 3 is 2.76 bits per heavy atom. The van der Waals surface area contributed by atoms with Crippen LogP contribution in [0.5, 0.6) is 0 Å². The van der Waals surface area contributed by atoms with E-state index >= 15 is 0 Å². The fraction of sp³-hybridized carbons (Fsp3) is 0.533. The topological polar surface area (TPSA) is 70.7 Å². The number of hydrogen-bond acceptors (Lipinski definition) is 4. The Kier molecular flexibility index (Phi) is 5.12. The van der Waals surface area contributed by atoms with Gasteiger partial charge in [0.2, 0.25) is 0 Å². The fourth-order valence-corrected chi connectivity index (χ4v) is 3.15. The molecule has 1 atom stereocenters. The first kappa shape index (κ1) is 15.7. The van der Waals surface area contributed by atoms with Gasteiger partial charge in [0, 0.05) is 10.6 Å². The number of carbonyl (C=O) groups is 1. The van der Waals surface area contributed by atoms with Gasteiger partial charge >= 0.3 is 0 Å². The van der Waals surface area contributed by atoms with Crippen molar-refractivity contribution in [3.05, 3.63) is 33.0 Å². The van der Waals surface area contributed by atoms with Crippen molar-refractivity contribution < 1.29 is 4.79 Å². The molecule has 2 aromatic heterocycles. The van der Waals surface area contributed by atoms with Crippen LogP contribution in [0.15, 0.2) is 6.07 Å². The summed E-state index contributed by atoms with van der Waals surface area (Å²) in [7, 11) is 0. The summed E-state index contributed by atoms with van der Waals surface area (Å²) in [5, 5.41) is 11.0. The summed E-state index contributed by atoms with van der Waals surface area (Å²) in [4.78, 5) is 18.0. The molecule has 0 aromatic carbocycles. The van der Waals surface area contributed by atoms with Crippen molar-refractivity contribution in [2.24, 2.45) is 0 Å². The van der Waals surface area contributed by atoms with Crippen molar-refractivity contribution in [2.75, 3.05) is 0 Å². The number of nitrogens with one attached hydrogen (secondary N) is 2. The Balaban J connectivity index is 2.08. The molecule has 114 valence electrons. The highest BCUT2D eigenvalue weighted by atomic mass is 32.1. The van der Waals surface area contributed by atoms with Gasteiger partial charge in [-0.15, -0.1) is 11.3 Å². The van der Waals surface area contributed by atoms with Gasteiger partial charge < -0.3 is 5.32 Å². The van der Waals surface area contributed by atoms with Crippen molar-refractivity contribution in [3.63, 3.8) is 0 Å². The van der Waals surface area contributed by atoms with E-state index in [4.69, 9.17) is 0 Å². The maximum Gasteiger partial charge on any atom is 0.272 e. The van der Waals surface area contributed by atoms with Crippen LogP contribution >= 0.6 is 11.3 Å². The van der Waals surface area contributed by atoms with Crippen molar-refractivity contribution in [1.29, 1.82) is 0 Å². The molecular weight excluding hydrogens is 284 g/mol. The van der Waals surface area contributed by atoms with Crippen LogP contribution in [-0.4, -0.2) is 21.1 Å². The van der Waals surface area contributed by atoms with Gasteiger partial charge in [0.15, 0.2) is 0 Å². The first-order valence-corrected chi connectivity index (χ1v) is 8.15. The smallest absolute Gasteiger partial charge is 0.272 e. The lowest BCUT2D eigenvalue weighted by molar-refractivity contribution is 0.0930. The summed E-state index contributed by atoms with van der Waals surface area (Å²) in [6.07, 6.45) is 2.74. The molecule has 0 saturated carbocycles. The third kappa shape index (κ3) is 3.69. The maximum absolute atomic E-state index is 12.3. The van der Waals surface area contributed by atoms with Gasteiger partial charge in [0.05, 0.1) is 11.7 Å². The quantitative estimate of drug-likeness (QED) is 0.860. The first-order chi connectivity index (χ1) is 10.0. The van der Waals surface area contributed by atoms with Crippen LogP contribution in [0.4, 0.5) is 0 Å². The van der Waals surface area contributed by atoms with E-state index in [1.54, 1.807) is 11.3 Å². The Morgan fingerprint density at radius 1 is 1.43 bits per heavy atom. The normalized spacial score (nSPS) is 12.4. The van der Waals surface area contributed by atoms with Gasteiger partial charge in [-0.2, -0.15) is 5.10 Å². The minimum absolute atomic E-state index is 0.0544. The van der Waals surface area contributed by atoms with E-state index in [0.717, 1.165) is 35.7 Å². The highest BCUT2D eigenvalue weighted by molar-refractivity contribution is 7.11. The van der Waals surface area contributed by atoms with E-state index in [2.05, 4.69) is 34.3 Å². The highest BCUT2D eigenvalue weighted by Crippen LogP contribution is 2.25. The Morgan fingerprint density at radius 2 is 2.19 bits per heavy atom. The standard InChI is InChI=1S/C15H22N4OS/c1-5-7-11-8-13(19-18-11)14(20)17-12(6-2)15-16-9(3)10(4)21-15/h8,12H,5-7H2,1-4H3,(H,17,20)(H,18,19)/t12-/m0/s1. The molecule has 6 heteroatoms. The van der Waals surface area contributed by atoms with E-state index in [1.807, 2.05) is 19.9 Å². The molecule has 0 bridgehead atoms. The molecule has 2 rings (SSSR count). The number of hydrogen-bond donors (Lipinski definition) is 2. The van der Waals surface area contributed by atoms with Crippen LogP contribution in [0.3, 0.4) is 0 Å². The lowest BCUT2D eigenvalue weighted by Crippen LogP contribution is -2.28. The van der Waals surface area contributed by atoms with E-state index in [9.17, 15) is 4.79 Å². The zero-order valence-corrected chi connectivity index (χ0v) is 13.8. The number of nitrogens with zero attached hydrogens (tertiary/aromatic N) is 2. The third-order valence-corrected chi connectivity index (χ3v) is 4.63. The Bertz CT molecular complexity index is 597. The highest BCUT2D eigenvalue weighted by Gasteiger charge is 2.19. The summed E-state index contributed by atoms with van der Waals surface area (Å²) < 4.78 is 0. The SMILES string of the molecule is CCCc1cc(C(=O)N[C@@H](CC)c2nc(C)c(C)s2)n[nH]1. The molecule has 0 radical (unpaired) electrons. The van der Waals surface area contributed by atoms with Crippen molar-refractivity contribution in [3.8, 4) is 0 Å². The van der Waals surface area contributed by atoms with Crippen LogP contribution in [-0.2, 0) is 6.42 Å². The zero-order chi connectivity index (χ0) is 15.4. The van der Waals surface area contributed by atoms with E-state index in [1.165, 1.54) is 4.88 Å². The molecule has 2 heterocycles. The molecule has 21 heavy (non-hydrogen) atoms. The van der Waals surface area contributed by atoms with E-state index in [-0.39, 0.29) is 11.9 Å². The number of carbonyl (C=O) groups excluding carboxylic acids is 1. The second-order valence-corrected chi connectivity index (χ2v) is 6.39. The molecule has 0 unspecified atom stereocenters. The molecule has 0 aliphatic heterocycles. The van der Waals surface area contributed by atoms with Gasteiger partial charge in [0.1, 0.15) is 10.7 Å². The van der Waals surface area contributed by atoms with Gasteiger partial charge in [-0.1, -0.05) is 20.3 Å². The monoisotopic (exact) mass is 306 g/mol. The average molecular weight is 306 g/mol. The molecule has 5 nitrogen and oxygen atoms in total. The minimum atomic E-state index is -0.147. The predicted molar refractivity (Wildman–Crippen MR) is 84.7 cm³/mol. The largest absolute Gasteiger partial charge is 0.341 e. The van der Waals surface area contributed by atoms with Crippen LogP contribution in [0.1, 0.15) is 64.5 Å². The molecule has 0 spiro atoms. The Hall–Kier alpha value is -1.69. The Labute approximate surface area is 129 Å². The molecule has 0 fully saturated rings. The van der Waals surface area contributed by atoms with Crippen LogP contribution < -0.4 is 5.32 Å². The molecule has 0 aliphatic carbocycles. The summed E-state index contributed by atoms with van der Waals surface area (Å²) >= 11 is 1.64. The number of amides is 1. The average Bonchev–Trinajstić information content (AvgIpc) is 3.04. The van der Waals surface area contributed by atoms with Crippen molar-refractivity contribution in [1.82, 2.24) is 20.5 Å². The lowest BCUT2D eigenvalue weighted by atomic mass is 10.2. The number of aromatic amines is 1. The number of aryl methyl sites for hydroxylation is 3. The summed E-state index contributed by atoms with van der Waals surface area (Å²) in [5.41, 5.74) is 2.48. The van der Waals surface area contributed by atoms with E-state index < -0.39 is 0 Å². The number of aromatic nitrogens is 3. The van der Waals surface area contributed by atoms with Crippen LogP contribution in [0.2, 0.25) is 0 Å². The second kappa shape index (κ2) is 6.85. The van der Waals surface area contributed by atoms with Crippen molar-refractivity contribution in [2.45, 2.75) is 53.0 Å². The van der Waals surface area contributed by atoms with Crippen LogP contribution in [0, 0.1) is 13.8 Å². The van der Waals surface area contributed by atoms with Gasteiger partial charge in [-0.05, 0) is 32.8 Å². The number of rotatable bonds is 6. The fourth-order valence-electron chi connectivity index (χ4n) is 2.09. The van der Waals surface area contributed by atoms with E-state index in [0.29, 0.717) is 5.69 Å². The zero-order valence-electron chi connectivity index (χ0n) is 13.0. The molecular formula is C15H22N4OS. The second-order valence-electron chi connectivity index (χ2n) is 5.16. The summed E-state index contributed by atoms with van der Waals surface area (Å²) in [5.74, 6) is -0.147. The van der Waals surface area contributed by atoms with Gasteiger partial charge in [-0.3, -0.25) is 9.89 Å². The number of thiazole rings is 1. The summed E-state index contributed by atoms with van der Waals surface area (Å²) in [6, 6.07) is 1.77. The van der Waals surface area contributed by atoms with Gasteiger partial charge in [0.25, 0.3) is 5.91 Å². The third-order valence-electron chi connectivity index (χ3n) is 3.44. The molecule has 2 N–H and O–H groups in total. The predicted octanol–water partition coefficient (Wildman–Crippen LogP) is 3.32. The molecule has 1 amide bonds. The lowest BCUT2D eigenvalue weighted by Gasteiger charge is -2.13. The van der Waals surface area contributed by atoms with Crippen LogP contribution in [0.25, 0.3) is 0 Å². The summed E-state index contributed by atoms with van der Waals surface area (Å²) in [6.45, 7) is 8.19. The van der Waals surface area contributed by atoms with Crippen molar-refractivity contribution >= 4 is 17.2 Å². The maximum atomic E-state index is 12.3. The van der Waals surface area contributed by atoms with Gasteiger partial charge in [-0.25, -0.2) is 4.98 Å². The molecule has 0 aliphatic rings. The molecule has 0 saturated heterocycles. The molecule has 2 aromatic rings.